The highest BCUT2D eigenvalue weighted by atomic mass is 16.3. The number of aliphatic hydroxyl groups is 1. The molecule has 0 radical (unpaired) electrons. The van der Waals surface area contributed by atoms with Gasteiger partial charge in [0.2, 0.25) is 0 Å². The van der Waals surface area contributed by atoms with Crippen LogP contribution in [0.25, 0.3) is 16.4 Å². The Labute approximate surface area is 91.4 Å². The average Bonchev–Trinajstić information content (AvgIpc) is 2.73. The van der Waals surface area contributed by atoms with Crippen molar-refractivity contribution in [1.29, 1.82) is 0 Å². The number of nitrogens with zero attached hydrogens (tertiary/aromatic N) is 4. The smallest absolute Gasteiger partial charge is 0.185 e. The van der Waals surface area contributed by atoms with E-state index >= 15 is 0 Å². The highest BCUT2D eigenvalue weighted by molar-refractivity contribution is 5.92. The molecule has 0 fully saturated rings. The Morgan fingerprint density at radius 2 is 2.06 bits per heavy atom. The molecule has 80 valence electrons. The summed E-state index contributed by atoms with van der Waals surface area (Å²) in [6, 6.07) is 7.83. The lowest BCUT2D eigenvalue weighted by molar-refractivity contribution is 0.186. The minimum Gasteiger partial charge on any atom is -0.385 e. The molecule has 1 unspecified atom stereocenters. The molecule has 5 heteroatoms. The van der Waals surface area contributed by atoms with Crippen LogP contribution in [0, 0.1) is 0 Å². The van der Waals surface area contributed by atoms with E-state index < -0.39 is 6.10 Å². The van der Waals surface area contributed by atoms with E-state index in [0.29, 0.717) is 11.5 Å². The quantitative estimate of drug-likeness (QED) is 0.663. The van der Waals surface area contributed by atoms with Gasteiger partial charge in [-0.2, -0.15) is 9.61 Å². The molecule has 0 saturated heterocycles. The topological polar surface area (TPSA) is 63.3 Å². The maximum Gasteiger partial charge on any atom is 0.185 e. The van der Waals surface area contributed by atoms with E-state index in [0.717, 1.165) is 10.8 Å². The van der Waals surface area contributed by atoms with Crippen molar-refractivity contribution < 1.29 is 5.11 Å². The predicted molar refractivity (Wildman–Crippen MR) is 58.9 cm³/mol. The van der Waals surface area contributed by atoms with Crippen LogP contribution in [-0.4, -0.2) is 24.9 Å². The predicted octanol–water partition coefficient (Wildman–Crippen LogP) is 1.33. The first-order chi connectivity index (χ1) is 7.77. The molecule has 0 aliphatic heterocycles. The highest BCUT2D eigenvalue weighted by Gasteiger charge is 2.13. The number of rotatable bonds is 1. The van der Waals surface area contributed by atoms with Gasteiger partial charge in [-0.1, -0.05) is 24.3 Å². The summed E-state index contributed by atoms with van der Waals surface area (Å²) in [7, 11) is 0. The number of aromatic nitrogens is 4. The molecule has 2 aromatic heterocycles. The van der Waals surface area contributed by atoms with E-state index in [4.69, 9.17) is 0 Å². The normalized spacial score (nSPS) is 13.4. The number of aliphatic hydroxyl groups excluding tert-OH is 1. The third kappa shape index (κ3) is 1.18. The Morgan fingerprint density at radius 3 is 2.88 bits per heavy atom. The summed E-state index contributed by atoms with van der Waals surface area (Å²) in [6.45, 7) is 1.65. The van der Waals surface area contributed by atoms with E-state index in [-0.39, 0.29) is 0 Å². The van der Waals surface area contributed by atoms with Gasteiger partial charge in [-0.15, -0.1) is 10.2 Å². The lowest BCUT2D eigenvalue weighted by Crippen LogP contribution is -2.02. The third-order valence-electron chi connectivity index (χ3n) is 2.55. The molecule has 2 heterocycles. The first-order valence-electron chi connectivity index (χ1n) is 5.04. The van der Waals surface area contributed by atoms with Crippen molar-refractivity contribution in [2.24, 2.45) is 0 Å². The molecule has 3 rings (SSSR count). The fourth-order valence-corrected chi connectivity index (χ4v) is 1.77. The van der Waals surface area contributed by atoms with Crippen LogP contribution >= 0.6 is 0 Å². The highest BCUT2D eigenvalue weighted by Crippen LogP contribution is 2.19. The summed E-state index contributed by atoms with van der Waals surface area (Å²) >= 11 is 0. The van der Waals surface area contributed by atoms with Crippen molar-refractivity contribution in [2.75, 3.05) is 0 Å². The van der Waals surface area contributed by atoms with Crippen molar-refractivity contribution in [3.8, 4) is 0 Å². The maximum absolute atomic E-state index is 9.52. The van der Waals surface area contributed by atoms with Crippen molar-refractivity contribution in [3.05, 3.63) is 36.3 Å². The van der Waals surface area contributed by atoms with E-state index in [9.17, 15) is 5.11 Å². The van der Waals surface area contributed by atoms with Crippen LogP contribution in [-0.2, 0) is 0 Å². The monoisotopic (exact) mass is 214 g/mol. The van der Waals surface area contributed by atoms with Gasteiger partial charge < -0.3 is 5.11 Å². The van der Waals surface area contributed by atoms with E-state index in [2.05, 4.69) is 15.3 Å². The first kappa shape index (κ1) is 9.23. The second-order valence-corrected chi connectivity index (χ2v) is 3.70. The van der Waals surface area contributed by atoms with Gasteiger partial charge in [0, 0.05) is 10.8 Å². The molecule has 0 amide bonds. The number of hydrogen-bond acceptors (Lipinski definition) is 4. The second kappa shape index (κ2) is 3.24. The van der Waals surface area contributed by atoms with E-state index in [1.807, 2.05) is 24.3 Å². The molecule has 1 aromatic carbocycles. The van der Waals surface area contributed by atoms with E-state index in [1.54, 1.807) is 17.6 Å². The molecule has 3 aromatic rings. The zero-order valence-electron chi connectivity index (χ0n) is 8.70. The molecular weight excluding hydrogens is 204 g/mol. The number of fused-ring (bicyclic) bond motifs is 3. The van der Waals surface area contributed by atoms with Gasteiger partial charge >= 0.3 is 0 Å². The second-order valence-electron chi connectivity index (χ2n) is 3.70. The van der Waals surface area contributed by atoms with Gasteiger partial charge in [0.05, 0.1) is 6.20 Å². The van der Waals surface area contributed by atoms with Crippen molar-refractivity contribution in [2.45, 2.75) is 13.0 Å². The molecule has 0 aliphatic rings. The first-order valence-corrected chi connectivity index (χ1v) is 5.04. The van der Waals surface area contributed by atoms with Crippen molar-refractivity contribution in [3.63, 3.8) is 0 Å². The summed E-state index contributed by atoms with van der Waals surface area (Å²) in [6.07, 6.45) is 1.07. The average molecular weight is 214 g/mol. The Hall–Kier alpha value is -2.01. The van der Waals surface area contributed by atoms with Crippen molar-refractivity contribution >= 4 is 16.4 Å². The van der Waals surface area contributed by atoms with Gasteiger partial charge in [0.1, 0.15) is 6.10 Å². The van der Waals surface area contributed by atoms with Gasteiger partial charge in [-0.3, -0.25) is 0 Å². The Balaban J connectivity index is 2.45. The molecule has 1 atom stereocenters. The Morgan fingerprint density at radius 1 is 1.25 bits per heavy atom. The fraction of sp³-hybridized carbons (Fsp3) is 0.182. The van der Waals surface area contributed by atoms with Gasteiger partial charge in [-0.25, -0.2) is 0 Å². The van der Waals surface area contributed by atoms with Crippen LogP contribution in [0.3, 0.4) is 0 Å². The maximum atomic E-state index is 9.52. The van der Waals surface area contributed by atoms with Gasteiger partial charge in [0.25, 0.3) is 0 Å². The van der Waals surface area contributed by atoms with Crippen molar-refractivity contribution in [1.82, 2.24) is 19.8 Å². The molecule has 0 spiro atoms. The summed E-state index contributed by atoms with van der Waals surface area (Å²) in [5.41, 5.74) is 0.675. The number of benzene rings is 1. The fourth-order valence-electron chi connectivity index (χ4n) is 1.77. The largest absolute Gasteiger partial charge is 0.385 e. The lowest BCUT2D eigenvalue weighted by Gasteiger charge is -2.02. The molecule has 0 saturated carbocycles. The third-order valence-corrected chi connectivity index (χ3v) is 2.55. The van der Waals surface area contributed by atoms with Crippen LogP contribution in [0.2, 0.25) is 0 Å². The minimum absolute atomic E-state index is 0.459. The number of hydrogen-bond donors (Lipinski definition) is 1. The summed E-state index contributed by atoms with van der Waals surface area (Å²) in [4.78, 5) is 0. The Bertz CT molecular complexity index is 659. The summed E-state index contributed by atoms with van der Waals surface area (Å²) < 4.78 is 1.58. The summed E-state index contributed by atoms with van der Waals surface area (Å²) in [5.74, 6) is 0.459. The van der Waals surface area contributed by atoms with Crippen LogP contribution < -0.4 is 0 Å². The zero-order valence-corrected chi connectivity index (χ0v) is 8.70. The summed E-state index contributed by atoms with van der Waals surface area (Å²) in [5, 5.41) is 23.7. The van der Waals surface area contributed by atoms with Gasteiger partial charge in [-0.05, 0) is 6.92 Å². The molecular formula is C11H10N4O. The van der Waals surface area contributed by atoms with Gasteiger partial charge in [0.15, 0.2) is 11.5 Å². The lowest BCUT2D eigenvalue weighted by atomic mass is 10.2. The molecule has 1 N–H and O–H groups in total. The Kier molecular flexibility index (Phi) is 1.87. The van der Waals surface area contributed by atoms with Crippen LogP contribution in [0.4, 0.5) is 0 Å². The molecule has 16 heavy (non-hydrogen) atoms. The minimum atomic E-state index is -0.677. The molecule has 0 aliphatic carbocycles. The SMILES string of the molecule is CC(O)c1nnc2c3ccccc3cnn12. The molecule has 5 nitrogen and oxygen atoms in total. The molecule has 0 bridgehead atoms. The van der Waals surface area contributed by atoms with Crippen LogP contribution in [0.5, 0.6) is 0 Å². The zero-order chi connectivity index (χ0) is 11.1. The van der Waals surface area contributed by atoms with Crippen LogP contribution in [0.1, 0.15) is 18.9 Å². The standard InChI is InChI=1S/C11H10N4O/c1-7(16)10-13-14-11-9-5-3-2-4-8(9)6-12-15(10)11/h2-7,16H,1H3. The van der Waals surface area contributed by atoms with Crippen LogP contribution in [0.15, 0.2) is 30.5 Å². The van der Waals surface area contributed by atoms with E-state index in [1.165, 1.54) is 0 Å².